The first-order valence-corrected chi connectivity index (χ1v) is 10.4. The second kappa shape index (κ2) is 7.52. The number of carbonyl (C=O) groups is 1. The molecule has 9 heteroatoms. The molecule has 160 valence electrons. The molecule has 1 atom stereocenters. The topological polar surface area (TPSA) is 106 Å². The average molecular weight is 429 g/mol. The Hall–Kier alpha value is -4.14. The molecule has 0 saturated carbocycles. The van der Waals surface area contributed by atoms with E-state index in [0.29, 0.717) is 55.1 Å². The number of rotatable bonds is 4. The van der Waals surface area contributed by atoms with Gasteiger partial charge in [0.2, 0.25) is 5.91 Å². The molecule has 0 spiro atoms. The third-order valence-corrected chi connectivity index (χ3v) is 5.65. The molecule has 4 heterocycles. The molecule has 0 bridgehead atoms. The second-order valence-corrected chi connectivity index (χ2v) is 7.72. The monoisotopic (exact) mass is 429 g/mol. The predicted molar refractivity (Wildman–Crippen MR) is 114 cm³/mol. The Labute approximate surface area is 183 Å². The minimum atomic E-state index is -0.162. The zero-order valence-corrected chi connectivity index (χ0v) is 17.0. The van der Waals surface area contributed by atoms with E-state index in [0.717, 1.165) is 16.9 Å². The Morgan fingerprint density at radius 2 is 1.84 bits per heavy atom. The van der Waals surface area contributed by atoms with Crippen molar-refractivity contribution >= 4 is 11.6 Å². The van der Waals surface area contributed by atoms with Gasteiger partial charge in [-0.3, -0.25) is 9.89 Å². The quantitative estimate of drug-likeness (QED) is 0.530. The molecule has 2 aliphatic rings. The number of ether oxygens (including phenoxy) is 2. The van der Waals surface area contributed by atoms with Crippen LogP contribution < -0.4 is 14.4 Å². The normalized spacial score (nSPS) is 17.7. The summed E-state index contributed by atoms with van der Waals surface area (Å²) in [5, 5.41) is 11.4. The van der Waals surface area contributed by atoms with Crippen molar-refractivity contribution in [2.75, 3.05) is 24.7 Å². The summed E-state index contributed by atoms with van der Waals surface area (Å²) in [4.78, 5) is 19.0. The Morgan fingerprint density at radius 3 is 2.72 bits per heavy atom. The van der Waals surface area contributed by atoms with Gasteiger partial charge in [0.05, 0.1) is 5.69 Å². The highest BCUT2D eigenvalue weighted by Crippen LogP contribution is 2.37. The number of anilines is 1. The molecule has 4 aromatic rings. The Morgan fingerprint density at radius 1 is 1.00 bits per heavy atom. The zero-order valence-electron chi connectivity index (χ0n) is 17.0. The maximum atomic E-state index is 12.7. The molecule has 32 heavy (non-hydrogen) atoms. The van der Waals surface area contributed by atoms with E-state index in [1.807, 2.05) is 54.6 Å². The van der Waals surface area contributed by atoms with Crippen LogP contribution in [0.1, 0.15) is 18.2 Å². The summed E-state index contributed by atoms with van der Waals surface area (Å²) in [5.74, 6) is 2.04. The summed E-state index contributed by atoms with van der Waals surface area (Å²) < 4.78 is 16.7. The van der Waals surface area contributed by atoms with Crippen molar-refractivity contribution in [1.29, 1.82) is 0 Å². The molecule has 0 aliphatic carbocycles. The van der Waals surface area contributed by atoms with Crippen molar-refractivity contribution < 1.29 is 18.8 Å². The molecule has 1 amide bonds. The second-order valence-electron chi connectivity index (χ2n) is 7.72. The van der Waals surface area contributed by atoms with Crippen LogP contribution in [0, 0.1) is 0 Å². The van der Waals surface area contributed by atoms with Gasteiger partial charge in [-0.05, 0) is 18.2 Å². The first-order chi connectivity index (χ1) is 15.7. The fourth-order valence-electron chi connectivity index (χ4n) is 4.03. The van der Waals surface area contributed by atoms with Crippen LogP contribution in [0.3, 0.4) is 0 Å². The first kappa shape index (κ1) is 18.6. The summed E-state index contributed by atoms with van der Waals surface area (Å²) >= 11 is 0. The van der Waals surface area contributed by atoms with Gasteiger partial charge in [0.25, 0.3) is 5.89 Å². The predicted octanol–water partition coefficient (Wildman–Crippen LogP) is 3.42. The fraction of sp³-hybridized carbons (Fsp3) is 0.217. The third kappa shape index (κ3) is 3.27. The summed E-state index contributed by atoms with van der Waals surface area (Å²) in [6.07, 6.45) is 0.311. The number of nitrogens with one attached hydrogen (secondary N) is 1. The standard InChI is InChI=1S/C23H19N5O4/c29-21-10-15(13-28(21)16-6-7-19-20(11-16)31-9-8-30-19)22-24-23(32-27-22)18-12-17(25-26-18)14-4-2-1-3-5-14/h1-7,11-12,15H,8-10,13H2,(H,25,26). The van der Waals surface area contributed by atoms with E-state index in [-0.39, 0.29) is 11.8 Å². The Bertz CT molecular complexity index is 1280. The summed E-state index contributed by atoms with van der Waals surface area (Å²) in [5.41, 5.74) is 3.19. The molecule has 1 fully saturated rings. The molecule has 1 unspecified atom stereocenters. The van der Waals surface area contributed by atoms with Crippen LogP contribution in [-0.4, -0.2) is 46.0 Å². The van der Waals surface area contributed by atoms with Gasteiger partial charge in [-0.25, -0.2) is 0 Å². The van der Waals surface area contributed by atoms with Gasteiger partial charge >= 0.3 is 0 Å². The highest BCUT2D eigenvalue weighted by atomic mass is 16.6. The smallest absolute Gasteiger partial charge is 0.275 e. The first-order valence-electron chi connectivity index (χ1n) is 10.4. The lowest BCUT2D eigenvalue weighted by atomic mass is 10.1. The van der Waals surface area contributed by atoms with Crippen LogP contribution in [0.15, 0.2) is 59.1 Å². The van der Waals surface area contributed by atoms with Gasteiger partial charge in [-0.15, -0.1) is 0 Å². The lowest BCUT2D eigenvalue weighted by Crippen LogP contribution is -2.25. The van der Waals surface area contributed by atoms with E-state index < -0.39 is 0 Å². The Kier molecular flexibility index (Phi) is 4.38. The number of nitrogens with zero attached hydrogens (tertiary/aromatic N) is 4. The van der Waals surface area contributed by atoms with E-state index in [2.05, 4.69) is 20.3 Å². The van der Waals surface area contributed by atoms with Crippen LogP contribution in [0.2, 0.25) is 0 Å². The van der Waals surface area contributed by atoms with Crippen LogP contribution in [0.4, 0.5) is 5.69 Å². The van der Waals surface area contributed by atoms with Crippen LogP contribution >= 0.6 is 0 Å². The molecule has 1 N–H and O–H groups in total. The number of amides is 1. The van der Waals surface area contributed by atoms with E-state index in [1.165, 1.54) is 0 Å². The molecule has 0 radical (unpaired) electrons. The van der Waals surface area contributed by atoms with Crippen molar-refractivity contribution in [3.05, 3.63) is 60.4 Å². The van der Waals surface area contributed by atoms with Crippen LogP contribution in [-0.2, 0) is 4.79 Å². The van der Waals surface area contributed by atoms with Gasteiger partial charge in [-0.1, -0.05) is 35.5 Å². The van der Waals surface area contributed by atoms with Crippen molar-refractivity contribution in [2.45, 2.75) is 12.3 Å². The van der Waals surface area contributed by atoms with Crippen molar-refractivity contribution in [2.24, 2.45) is 0 Å². The van der Waals surface area contributed by atoms with Crippen LogP contribution in [0.5, 0.6) is 11.5 Å². The van der Waals surface area contributed by atoms with Gasteiger partial charge in [0, 0.05) is 36.2 Å². The Balaban J connectivity index is 1.21. The van der Waals surface area contributed by atoms with Gasteiger partial charge < -0.3 is 18.9 Å². The number of fused-ring (bicyclic) bond motifs is 1. The number of aromatic amines is 1. The molecule has 2 aliphatic heterocycles. The number of hydrogen-bond acceptors (Lipinski definition) is 7. The minimum Gasteiger partial charge on any atom is -0.486 e. The number of aromatic nitrogens is 4. The highest BCUT2D eigenvalue weighted by molar-refractivity contribution is 5.96. The maximum absolute atomic E-state index is 12.7. The number of hydrogen-bond donors (Lipinski definition) is 1. The van der Waals surface area contributed by atoms with Crippen molar-refractivity contribution in [3.63, 3.8) is 0 Å². The number of carbonyl (C=O) groups excluding carboxylic acids is 1. The van der Waals surface area contributed by atoms with Crippen molar-refractivity contribution in [1.82, 2.24) is 20.3 Å². The number of benzene rings is 2. The summed E-state index contributed by atoms with van der Waals surface area (Å²) in [7, 11) is 0. The highest BCUT2D eigenvalue weighted by Gasteiger charge is 2.35. The molecular formula is C23H19N5O4. The third-order valence-electron chi connectivity index (χ3n) is 5.65. The minimum absolute atomic E-state index is 0.00549. The summed E-state index contributed by atoms with van der Waals surface area (Å²) in [6.45, 7) is 1.49. The zero-order chi connectivity index (χ0) is 21.5. The van der Waals surface area contributed by atoms with Gasteiger partial charge in [0.15, 0.2) is 17.3 Å². The molecule has 9 nitrogen and oxygen atoms in total. The van der Waals surface area contributed by atoms with Gasteiger partial charge in [0.1, 0.15) is 18.9 Å². The van der Waals surface area contributed by atoms with Crippen molar-refractivity contribution in [3.8, 4) is 34.3 Å². The van der Waals surface area contributed by atoms with E-state index >= 15 is 0 Å². The number of H-pyrrole nitrogens is 1. The van der Waals surface area contributed by atoms with E-state index in [1.54, 1.807) is 4.90 Å². The molecule has 6 rings (SSSR count). The molecule has 2 aromatic carbocycles. The SMILES string of the molecule is O=C1CC(c2noc(-c3cc(-c4ccccc4)n[nH]3)n2)CN1c1ccc2c(c1)OCCO2. The summed E-state index contributed by atoms with van der Waals surface area (Å²) in [6, 6.07) is 17.2. The lowest BCUT2D eigenvalue weighted by molar-refractivity contribution is -0.117. The lowest BCUT2D eigenvalue weighted by Gasteiger charge is -2.22. The largest absolute Gasteiger partial charge is 0.486 e. The average Bonchev–Trinajstić information content (AvgIpc) is 3.59. The van der Waals surface area contributed by atoms with E-state index in [4.69, 9.17) is 14.0 Å². The molecular weight excluding hydrogens is 410 g/mol. The molecule has 1 saturated heterocycles. The van der Waals surface area contributed by atoms with Gasteiger partial charge in [-0.2, -0.15) is 10.1 Å². The fourth-order valence-corrected chi connectivity index (χ4v) is 4.03. The van der Waals surface area contributed by atoms with Crippen LogP contribution in [0.25, 0.3) is 22.8 Å². The van der Waals surface area contributed by atoms with E-state index in [9.17, 15) is 4.79 Å². The molecule has 2 aromatic heterocycles. The maximum Gasteiger partial charge on any atom is 0.275 e.